The molecule has 3 nitrogen and oxygen atoms in total. The lowest BCUT2D eigenvalue weighted by atomic mass is 9.86. The zero-order chi connectivity index (χ0) is 38.6. The molecule has 9 aromatic carbocycles. The summed E-state index contributed by atoms with van der Waals surface area (Å²) in [5, 5.41) is 7.39. The highest BCUT2D eigenvalue weighted by Crippen LogP contribution is 2.43. The van der Waals surface area contributed by atoms with Crippen molar-refractivity contribution in [1.29, 1.82) is 0 Å². The lowest BCUT2D eigenvalue weighted by Crippen LogP contribution is -2.14. The molecule has 11 rings (SSSR count). The minimum Gasteiger partial charge on any atom is -0.456 e. The van der Waals surface area contributed by atoms with Crippen LogP contribution in [0.2, 0.25) is 0 Å². The molecule has 276 valence electrons. The summed E-state index contributed by atoms with van der Waals surface area (Å²) in [4.78, 5) is 10.8. The Bertz CT molecular complexity index is 3190. The van der Waals surface area contributed by atoms with Gasteiger partial charge >= 0.3 is 0 Å². The first-order valence-electron chi connectivity index (χ1n) is 20.3. The van der Waals surface area contributed by atoms with Crippen LogP contribution >= 0.6 is 0 Å². The number of furan rings is 1. The number of rotatable bonds is 7. The average Bonchev–Trinajstić information content (AvgIpc) is 3.57. The van der Waals surface area contributed by atoms with Crippen LogP contribution in [0.5, 0.6) is 0 Å². The second-order valence-electron chi connectivity index (χ2n) is 15.6. The Morgan fingerprint density at radius 2 is 0.948 bits per heavy atom. The highest BCUT2D eigenvalue weighted by atomic mass is 16.3. The monoisotopic (exact) mass is 744 g/mol. The standard InChI is InChI=1S/C55H40N2O/c1-2-35-34-49(36-14-5-3-6-15-36)56-55(57-54(35)37-16-7-4-8-17-37)44-23-11-22-42(32-44)40-20-9-18-38(30-40)39-19-10-21-41(31-39)43-28-29-45-46-24-12-26-50-52(46)53-47(48(45)33-43)25-13-27-51(53)58-50/h3-33,35,54H,2,34H2,1H3. The Kier molecular flexibility index (Phi) is 8.32. The third-order valence-corrected chi connectivity index (χ3v) is 12.1. The van der Waals surface area contributed by atoms with Crippen molar-refractivity contribution in [2.75, 3.05) is 0 Å². The van der Waals surface area contributed by atoms with Gasteiger partial charge in [-0.05, 0) is 115 Å². The van der Waals surface area contributed by atoms with E-state index in [1.807, 2.05) is 0 Å². The van der Waals surface area contributed by atoms with Crippen LogP contribution < -0.4 is 0 Å². The predicted octanol–water partition coefficient (Wildman–Crippen LogP) is 14.7. The van der Waals surface area contributed by atoms with Crippen LogP contribution in [-0.2, 0) is 0 Å². The molecule has 0 spiro atoms. The van der Waals surface area contributed by atoms with Crippen LogP contribution in [0.4, 0.5) is 0 Å². The second-order valence-corrected chi connectivity index (χ2v) is 15.6. The number of amidine groups is 1. The maximum atomic E-state index is 6.29. The molecule has 0 bridgehead atoms. The van der Waals surface area contributed by atoms with Crippen LogP contribution in [0.25, 0.3) is 76.9 Å². The minimum absolute atomic E-state index is 0.0201. The summed E-state index contributed by atoms with van der Waals surface area (Å²) < 4.78 is 6.29. The van der Waals surface area contributed by atoms with E-state index < -0.39 is 0 Å². The van der Waals surface area contributed by atoms with Gasteiger partial charge in [0.2, 0.25) is 0 Å². The minimum atomic E-state index is 0.0201. The number of hydrogen-bond acceptors (Lipinski definition) is 3. The fraction of sp³-hybridized carbons (Fsp3) is 0.0909. The first-order chi connectivity index (χ1) is 28.7. The molecule has 1 aliphatic heterocycles. The molecule has 0 aliphatic carbocycles. The third kappa shape index (κ3) is 5.90. The van der Waals surface area contributed by atoms with Gasteiger partial charge in [0.1, 0.15) is 11.2 Å². The maximum absolute atomic E-state index is 6.29. The average molecular weight is 745 g/mol. The fourth-order valence-electron chi connectivity index (χ4n) is 9.21. The Hall–Kier alpha value is -7.10. The van der Waals surface area contributed by atoms with E-state index in [4.69, 9.17) is 14.4 Å². The summed E-state index contributed by atoms with van der Waals surface area (Å²) in [6, 6.07) is 67.6. The SMILES string of the molecule is CCC1CC(c2ccccc2)=NC(c2cccc(-c3cccc(-c4cccc(-c5ccc6c(c5)c5cccc7oc8cccc6c8c75)c4)c3)c2)=NC1c1ccccc1. The van der Waals surface area contributed by atoms with Crippen molar-refractivity contribution in [1.82, 2.24) is 0 Å². The number of benzene rings is 9. The Morgan fingerprint density at radius 3 is 1.55 bits per heavy atom. The fourth-order valence-corrected chi connectivity index (χ4v) is 9.21. The first kappa shape index (κ1) is 34.2. The van der Waals surface area contributed by atoms with Gasteiger partial charge in [-0.15, -0.1) is 0 Å². The van der Waals surface area contributed by atoms with Gasteiger partial charge in [0.05, 0.1) is 11.8 Å². The highest BCUT2D eigenvalue weighted by Gasteiger charge is 2.28. The lowest BCUT2D eigenvalue weighted by Gasteiger charge is -2.22. The summed E-state index contributed by atoms with van der Waals surface area (Å²) in [6.45, 7) is 2.27. The lowest BCUT2D eigenvalue weighted by molar-refractivity contribution is 0.437. The van der Waals surface area contributed by atoms with Gasteiger partial charge in [0.25, 0.3) is 0 Å². The molecule has 2 heterocycles. The van der Waals surface area contributed by atoms with E-state index in [1.54, 1.807) is 0 Å². The van der Waals surface area contributed by atoms with Gasteiger partial charge in [-0.25, -0.2) is 4.99 Å². The van der Waals surface area contributed by atoms with Crippen LogP contribution in [0, 0.1) is 5.92 Å². The topological polar surface area (TPSA) is 37.9 Å². The molecule has 1 aromatic heterocycles. The molecule has 0 saturated carbocycles. The van der Waals surface area contributed by atoms with Crippen LogP contribution in [0.1, 0.15) is 42.5 Å². The van der Waals surface area contributed by atoms with Crippen molar-refractivity contribution < 1.29 is 4.42 Å². The van der Waals surface area contributed by atoms with Gasteiger partial charge in [-0.1, -0.05) is 165 Å². The summed E-state index contributed by atoms with van der Waals surface area (Å²) in [5.41, 5.74) is 13.4. The van der Waals surface area contributed by atoms with Crippen LogP contribution in [-0.4, -0.2) is 11.5 Å². The normalized spacial score (nSPS) is 15.9. The van der Waals surface area contributed by atoms with Crippen molar-refractivity contribution in [3.05, 3.63) is 205 Å². The van der Waals surface area contributed by atoms with Gasteiger partial charge in [0.15, 0.2) is 5.84 Å². The Balaban J connectivity index is 0.963. The zero-order valence-corrected chi connectivity index (χ0v) is 32.3. The van der Waals surface area contributed by atoms with Crippen molar-refractivity contribution >= 4 is 55.0 Å². The van der Waals surface area contributed by atoms with Crippen LogP contribution in [0.15, 0.2) is 202 Å². The molecule has 0 saturated heterocycles. The molecule has 3 heteroatoms. The van der Waals surface area contributed by atoms with E-state index in [1.165, 1.54) is 60.1 Å². The predicted molar refractivity (Wildman–Crippen MR) is 243 cm³/mol. The summed E-state index contributed by atoms with van der Waals surface area (Å²) in [6.07, 6.45) is 1.89. The van der Waals surface area contributed by atoms with Gasteiger partial charge < -0.3 is 4.42 Å². The van der Waals surface area contributed by atoms with Gasteiger partial charge in [0, 0.05) is 16.3 Å². The first-order valence-corrected chi connectivity index (χ1v) is 20.3. The van der Waals surface area contributed by atoms with Crippen molar-refractivity contribution in [2.45, 2.75) is 25.8 Å². The molecule has 0 N–H and O–H groups in total. The van der Waals surface area contributed by atoms with E-state index in [0.717, 1.165) is 57.8 Å². The third-order valence-electron chi connectivity index (χ3n) is 12.1. The van der Waals surface area contributed by atoms with Gasteiger partial charge in [-0.2, -0.15) is 0 Å². The van der Waals surface area contributed by atoms with Crippen molar-refractivity contribution in [2.24, 2.45) is 15.9 Å². The molecule has 2 unspecified atom stereocenters. The molecule has 2 atom stereocenters. The zero-order valence-electron chi connectivity index (χ0n) is 32.3. The summed E-state index contributed by atoms with van der Waals surface area (Å²) in [7, 11) is 0. The quantitative estimate of drug-likeness (QED) is 0.150. The van der Waals surface area contributed by atoms with Gasteiger partial charge in [-0.3, -0.25) is 4.99 Å². The molecule has 0 radical (unpaired) electrons. The number of nitrogens with zero attached hydrogens (tertiary/aromatic N) is 2. The van der Waals surface area contributed by atoms with Crippen LogP contribution in [0.3, 0.4) is 0 Å². The number of fused-ring (bicyclic) bond motifs is 3. The molecule has 10 aromatic rings. The number of aliphatic imine (C=N–C) groups is 2. The highest BCUT2D eigenvalue weighted by molar-refractivity contribution is 6.33. The molecule has 58 heavy (non-hydrogen) atoms. The Morgan fingerprint density at radius 1 is 0.448 bits per heavy atom. The number of hydrogen-bond donors (Lipinski definition) is 0. The molecule has 1 aliphatic rings. The Labute approximate surface area is 338 Å². The van der Waals surface area contributed by atoms with E-state index in [0.29, 0.717) is 5.92 Å². The second kappa shape index (κ2) is 14.1. The van der Waals surface area contributed by atoms with E-state index in [9.17, 15) is 0 Å². The van der Waals surface area contributed by atoms with Crippen molar-refractivity contribution in [3.63, 3.8) is 0 Å². The molecular weight excluding hydrogens is 705 g/mol. The largest absolute Gasteiger partial charge is 0.456 e. The summed E-state index contributed by atoms with van der Waals surface area (Å²) in [5.74, 6) is 1.13. The molecule has 0 fully saturated rings. The van der Waals surface area contributed by atoms with E-state index in [-0.39, 0.29) is 6.04 Å². The molecular formula is C55H40N2O. The smallest absolute Gasteiger partial charge is 0.155 e. The van der Waals surface area contributed by atoms with E-state index >= 15 is 0 Å². The molecule has 0 amide bonds. The maximum Gasteiger partial charge on any atom is 0.155 e. The summed E-state index contributed by atoms with van der Waals surface area (Å²) >= 11 is 0. The van der Waals surface area contributed by atoms with Crippen molar-refractivity contribution in [3.8, 4) is 33.4 Å². The van der Waals surface area contributed by atoms with E-state index in [2.05, 4.69) is 195 Å².